The van der Waals surface area contributed by atoms with Crippen molar-refractivity contribution in [2.24, 2.45) is 5.41 Å². The van der Waals surface area contributed by atoms with Crippen molar-refractivity contribution < 1.29 is 22.4 Å². The molecule has 1 fully saturated rings. The van der Waals surface area contributed by atoms with Crippen LogP contribution in [0.15, 0.2) is 39.6 Å². The van der Waals surface area contributed by atoms with E-state index in [0.717, 1.165) is 12.2 Å². The first-order chi connectivity index (χ1) is 14.5. The highest BCUT2D eigenvalue weighted by Crippen LogP contribution is 2.34. The number of hydrogen-bond acceptors (Lipinski definition) is 5. The third-order valence-corrected chi connectivity index (χ3v) is 7.41. The first-order valence-corrected chi connectivity index (χ1v) is 12.1. The standard InChI is InChI=1S/C23H32N2O5S/c1-6-17-8-10-20(30-17)21(23(3,4)5)24-22(26)19-15-18(9-7-16(19)2)31(27,28)25-11-13-29-14-12-25/h7-10,15,21H,6,11-14H2,1-5H3,(H,24,26). The summed E-state index contributed by atoms with van der Waals surface area (Å²) >= 11 is 0. The Morgan fingerprint density at radius 1 is 1.16 bits per heavy atom. The molecule has 7 nitrogen and oxygen atoms in total. The molecule has 170 valence electrons. The van der Waals surface area contributed by atoms with E-state index < -0.39 is 10.0 Å². The number of aryl methyl sites for hydroxylation is 2. The minimum atomic E-state index is -3.69. The summed E-state index contributed by atoms with van der Waals surface area (Å²) in [6.45, 7) is 11.2. The van der Waals surface area contributed by atoms with Gasteiger partial charge in [-0.1, -0.05) is 33.8 Å². The van der Waals surface area contributed by atoms with Gasteiger partial charge in [0, 0.05) is 25.1 Å². The maximum absolute atomic E-state index is 13.2. The van der Waals surface area contributed by atoms with Crippen molar-refractivity contribution in [1.29, 1.82) is 0 Å². The van der Waals surface area contributed by atoms with Crippen molar-refractivity contribution in [2.75, 3.05) is 26.3 Å². The molecule has 1 atom stereocenters. The number of carbonyl (C=O) groups is 1. The van der Waals surface area contributed by atoms with Gasteiger partial charge in [-0.2, -0.15) is 4.31 Å². The summed E-state index contributed by atoms with van der Waals surface area (Å²) in [4.78, 5) is 13.4. The highest BCUT2D eigenvalue weighted by molar-refractivity contribution is 7.89. The number of hydrogen-bond donors (Lipinski definition) is 1. The summed E-state index contributed by atoms with van der Waals surface area (Å²) in [6.07, 6.45) is 0.769. The molecule has 2 heterocycles. The maximum Gasteiger partial charge on any atom is 0.252 e. The lowest BCUT2D eigenvalue weighted by Crippen LogP contribution is -2.40. The Morgan fingerprint density at radius 3 is 2.42 bits per heavy atom. The van der Waals surface area contributed by atoms with Crippen LogP contribution in [0.1, 0.15) is 61.2 Å². The Morgan fingerprint density at radius 2 is 1.84 bits per heavy atom. The summed E-state index contributed by atoms with van der Waals surface area (Å²) in [5.41, 5.74) is 0.745. The van der Waals surface area contributed by atoms with Crippen LogP contribution in [-0.4, -0.2) is 44.9 Å². The molecule has 0 aliphatic carbocycles. The number of nitrogens with zero attached hydrogens (tertiary/aromatic N) is 1. The summed E-state index contributed by atoms with van der Waals surface area (Å²) < 4.78 is 38.6. The van der Waals surface area contributed by atoms with Gasteiger partial charge in [-0.25, -0.2) is 8.42 Å². The molecule has 0 saturated carbocycles. The van der Waals surface area contributed by atoms with E-state index in [2.05, 4.69) is 5.32 Å². The summed E-state index contributed by atoms with van der Waals surface area (Å²) in [5, 5.41) is 3.06. The van der Waals surface area contributed by atoms with Crippen LogP contribution in [0.3, 0.4) is 0 Å². The first kappa shape index (κ1) is 23.5. The van der Waals surface area contributed by atoms with Gasteiger partial charge in [0.1, 0.15) is 11.5 Å². The van der Waals surface area contributed by atoms with Gasteiger partial charge in [0.2, 0.25) is 10.0 Å². The zero-order valence-corrected chi connectivity index (χ0v) is 19.7. The molecule has 1 unspecified atom stereocenters. The van der Waals surface area contributed by atoms with Gasteiger partial charge in [-0.3, -0.25) is 4.79 Å². The number of nitrogens with one attached hydrogen (secondary N) is 1. The maximum atomic E-state index is 13.2. The Labute approximate surface area is 184 Å². The van der Waals surface area contributed by atoms with Crippen LogP contribution in [0.5, 0.6) is 0 Å². The Bertz CT molecular complexity index is 1030. The second kappa shape index (κ2) is 9.14. The molecule has 1 aliphatic rings. The minimum Gasteiger partial charge on any atom is -0.464 e. The Balaban J connectivity index is 1.90. The number of rotatable bonds is 6. The molecule has 3 rings (SSSR count). The van der Waals surface area contributed by atoms with E-state index in [1.807, 2.05) is 39.8 Å². The van der Waals surface area contributed by atoms with Gasteiger partial charge in [0.25, 0.3) is 5.91 Å². The number of carbonyl (C=O) groups excluding carboxylic acids is 1. The van der Waals surface area contributed by atoms with Crippen molar-refractivity contribution in [2.45, 2.75) is 52.0 Å². The van der Waals surface area contributed by atoms with Gasteiger partial charge in [-0.05, 0) is 42.2 Å². The van der Waals surface area contributed by atoms with Crippen molar-refractivity contribution in [3.05, 3.63) is 53.0 Å². The van der Waals surface area contributed by atoms with Crippen LogP contribution in [0.25, 0.3) is 0 Å². The quantitative estimate of drug-likeness (QED) is 0.728. The van der Waals surface area contributed by atoms with E-state index in [4.69, 9.17) is 9.15 Å². The number of ether oxygens (including phenoxy) is 1. The average molecular weight is 449 g/mol. The average Bonchev–Trinajstić information content (AvgIpc) is 3.20. The zero-order chi connectivity index (χ0) is 22.8. The van der Waals surface area contributed by atoms with Crippen molar-refractivity contribution in [3.63, 3.8) is 0 Å². The highest BCUT2D eigenvalue weighted by atomic mass is 32.2. The molecule has 1 saturated heterocycles. The summed E-state index contributed by atoms with van der Waals surface area (Å²) in [6, 6.07) is 8.14. The molecule has 1 aromatic heterocycles. The molecule has 0 spiro atoms. The number of amides is 1. The zero-order valence-electron chi connectivity index (χ0n) is 18.9. The van der Waals surface area contributed by atoms with Gasteiger partial charge in [0.05, 0.1) is 24.2 Å². The van der Waals surface area contributed by atoms with E-state index in [0.29, 0.717) is 43.2 Å². The topological polar surface area (TPSA) is 88.9 Å². The van der Waals surface area contributed by atoms with Crippen LogP contribution in [0, 0.1) is 12.3 Å². The van der Waals surface area contributed by atoms with E-state index in [1.54, 1.807) is 19.1 Å². The van der Waals surface area contributed by atoms with Crippen molar-refractivity contribution in [1.82, 2.24) is 9.62 Å². The lowest BCUT2D eigenvalue weighted by atomic mass is 9.85. The predicted molar refractivity (Wildman–Crippen MR) is 119 cm³/mol. The number of benzene rings is 1. The number of sulfonamides is 1. The molecule has 1 amide bonds. The lowest BCUT2D eigenvalue weighted by Gasteiger charge is -2.30. The molecule has 1 N–H and O–H groups in total. The summed E-state index contributed by atoms with van der Waals surface area (Å²) in [7, 11) is -3.69. The van der Waals surface area contributed by atoms with Crippen LogP contribution in [0.2, 0.25) is 0 Å². The summed E-state index contributed by atoms with van der Waals surface area (Å²) in [5.74, 6) is 1.21. The predicted octanol–water partition coefficient (Wildman–Crippen LogP) is 3.69. The highest BCUT2D eigenvalue weighted by Gasteiger charge is 2.32. The molecule has 2 aromatic rings. The smallest absolute Gasteiger partial charge is 0.252 e. The monoisotopic (exact) mass is 448 g/mol. The molecule has 31 heavy (non-hydrogen) atoms. The van der Waals surface area contributed by atoms with Crippen molar-refractivity contribution >= 4 is 15.9 Å². The minimum absolute atomic E-state index is 0.115. The first-order valence-electron chi connectivity index (χ1n) is 10.6. The van der Waals surface area contributed by atoms with Gasteiger partial charge in [-0.15, -0.1) is 0 Å². The fourth-order valence-corrected chi connectivity index (χ4v) is 5.04. The van der Waals surface area contributed by atoms with E-state index in [-0.39, 0.29) is 22.3 Å². The van der Waals surface area contributed by atoms with Crippen LogP contribution in [0.4, 0.5) is 0 Å². The SMILES string of the molecule is CCc1ccc(C(NC(=O)c2cc(S(=O)(=O)N3CCOCC3)ccc2C)C(C)(C)C)o1. The van der Waals surface area contributed by atoms with Crippen LogP contribution < -0.4 is 5.32 Å². The fraction of sp³-hybridized carbons (Fsp3) is 0.522. The van der Waals surface area contributed by atoms with Crippen LogP contribution in [-0.2, 0) is 21.2 Å². The third-order valence-electron chi connectivity index (χ3n) is 5.52. The second-order valence-corrected chi connectivity index (χ2v) is 10.9. The fourth-order valence-electron chi connectivity index (χ4n) is 3.61. The molecular formula is C23H32N2O5S. The molecule has 8 heteroatoms. The van der Waals surface area contributed by atoms with E-state index in [9.17, 15) is 13.2 Å². The third kappa shape index (κ3) is 5.19. The normalized spacial score (nSPS) is 16.8. The second-order valence-electron chi connectivity index (χ2n) is 8.92. The number of furan rings is 1. The molecule has 0 bridgehead atoms. The molecule has 0 radical (unpaired) electrons. The lowest BCUT2D eigenvalue weighted by molar-refractivity contribution is 0.0730. The Kier molecular flexibility index (Phi) is 6.93. The van der Waals surface area contributed by atoms with E-state index in [1.165, 1.54) is 10.4 Å². The van der Waals surface area contributed by atoms with Gasteiger partial charge in [0.15, 0.2) is 0 Å². The molecule has 1 aliphatic heterocycles. The van der Waals surface area contributed by atoms with E-state index >= 15 is 0 Å². The van der Waals surface area contributed by atoms with Crippen molar-refractivity contribution in [3.8, 4) is 0 Å². The van der Waals surface area contributed by atoms with Gasteiger partial charge < -0.3 is 14.5 Å². The molecule has 1 aromatic carbocycles. The Hall–Kier alpha value is -2.16. The van der Waals surface area contributed by atoms with Crippen LogP contribution >= 0.6 is 0 Å². The largest absolute Gasteiger partial charge is 0.464 e. The molecular weight excluding hydrogens is 416 g/mol. The number of morpholine rings is 1. The van der Waals surface area contributed by atoms with Gasteiger partial charge >= 0.3 is 0 Å².